The zero-order chi connectivity index (χ0) is 13.6. The summed E-state index contributed by atoms with van der Waals surface area (Å²) in [6.45, 7) is 8.15. The van der Waals surface area contributed by atoms with Crippen LogP contribution in [0.25, 0.3) is 0 Å². The van der Waals surface area contributed by atoms with E-state index in [4.69, 9.17) is 0 Å². The van der Waals surface area contributed by atoms with Crippen molar-refractivity contribution < 1.29 is 9.59 Å². The van der Waals surface area contributed by atoms with Gasteiger partial charge in [-0.25, -0.2) is 0 Å². The zero-order valence-corrected chi connectivity index (χ0v) is 11.9. The molecular weight excluding hydrogens is 228 g/mol. The van der Waals surface area contributed by atoms with Gasteiger partial charge in [-0.1, -0.05) is 19.8 Å². The molecule has 18 heavy (non-hydrogen) atoms. The van der Waals surface area contributed by atoms with Gasteiger partial charge in [0.25, 0.3) is 0 Å². The summed E-state index contributed by atoms with van der Waals surface area (Å²) in [4.78, 5) is 26.6. The summed E-state index contributed by atoms with van der Waals surface area (Å²) in [7, 11) is 0. The van der Waals surface area contributed by atoms with Crippen LogP contribution in [-0.2, 0) is 9.59 Å². The van der Waals surface area contributed by atoms with Crippen LogP contribution in [0.1, 0.15) is 53.4 Å². The Morgan fingerprint density at radius 2 is 1.89 bits per heavy atom. The molecule has 4 nitrogen and oxygen atoms in total. The fourth-order valence-electron chi connectivity index (χ4n) is 2.47. The highest BCUT2D eigenvalue weighted by atomic mass is 16.2. The highest BCUT2D eigenvalue weighted by molar-refractivity contribution is 6.01. The number of nitrogens with one attached hydrogen (secondary N) is 1. The summed E-state index contributed by atoms with van der Waals surface area (Å²) in [6, 6.07) is 0. The number of carbonyl (C=O) groups is 2. The van der Waals surface area contributed by atoms with Gasteiger partial charge in [-0.15, -0.1) is 0 Å². The molecule has 102 valence electrons. The summed E-state index contributed by atoms with van der Waals surface area (Å²) in [5.41, 5.74) is -1.45. The Morgan fingerprint density at radius 1 is 1.28 bits per heavy atom. The largest absolute Gasteiger partial charge is 0.340 e. The molecule has 0 aromatic heterocycles. The van der Waals surface area contributed by atoms with Crippen LogP contribution in [0.3, 0.4) is 0 Å². The van der Waals surface area contributed by atoms with Gasteiger partial charge in [0.15, 0.2) is 0 Å². The number of piperazine rings is 1. The SMILES string of the molecule is CCC1(C)NC(=O)C(C)(C)N(CCC2CC2)C1=O. The van der Waals surface area contributed by atoms with Crippen LogP contribution in [0, 0.1) is 5.92 Å². The number of amides is 2. The molecular formula is C14H24N2O2. The van der Waals surface area contributed by atoms with Crippen LogP contribution < -0.4 is 5.32 Å². The molecule has 1 N–H and O–H groups in total. The fourth-order valence-corrected chi connectivity index (χ4v) is 2.47. The van der Waals surface area contributed by atoms with E-state index in [0.717, 1.165) is 12.3 Å². The van der Waals surface area contributed by atoms with E-state index in [1.165, 1.54) is 12.8 Å². The third kappa shape index (κ3) is 2.13. The van der Waals surface area contributed by atoms with Crippen LogP contribution in [-0.4, -0.2) is 34.3 Å². The normalized spacial score (nSPS) is 31.4. The Hall–Kier alpha value is -1.06. The minimum absolute atomic E-state index is 0.0396. The second-order valence-electron chi connectivity index (χ2n) is 6.39. The van der Waals surface area contributed by atoms with E-state index >= 15 is 0 Å². The molecule has 0 bridgehead atoms. The van der Waals surface area contributed by atoms with Crippen LogP contribution in [0.2, 0.25) is 0 Å². The number of hydrogen-bond acceptors (Lipinski definition) is 2. The Labute approximate surface area is 109 Å². The third-order valence-electron chi connectivity index (χ3n) is 4.50. The first-order chi connectivity index (χ1) is 8.31. The molecule has 1 saturated carbocycles. The summed E-state index contributed by atoms with van der Waals surface area (Å²) in [5.74, 6) is 0.795. The molecule has 2 amide bonds. The van der Waals surface area contributed by atoms with Crippen molar-refractivity contribution >= 4 is 11.8 Å². The van der Waals surface area contributed by atoms with Crippen molar-refractivity contribution in [3.8, 4) is 0 Å². The molecule has 0 aromatic carbocycles. The topological polar surface area (TPSA) is 49.4 Å². The summed E-state index contributed by atoms with van der Waals surface area (Å²) in [5, 5.41) is 2.89. The maximum atomic E-state index is 12.6. The zero-order valence-electron chi connectivity index (χ0n) is 11.9. The highest BCUT2D eigenvalue weighted by Gasteiger charge is 2.51. The summed E-state index contributed by atoms with van der Waals surface area (Å²) >= 11 is 0. The molecule has 1 aliphatic carbocycles. The summed E-state index contributed by atoms with van der Waals surface area (Å²) in [6.07, 6.45) is 4.22. The van der Waals surface area contributed by atoms with Crippen LogP contribution >= 0.6 is 0 Å². The fraction of sp³-hybridized carbons (Fsp3) is 0.857. The monoisotopic (exact) mass is 252 g/mol. The van der Waals surface area contributed by atoms with Gasteiger partial charge in [0.1, 0.15) is 11.1 Å². The number of nitrogens with zero attached hydrogens (tertiary/aromatic N) is 1. The lowest BCUT2D eigenvalue weighted by Crippen LogP contribution is -2.73. The Kier molecular flexibility index (Phi) is 3.16. The second-order valence-corrected chi connectivity index (χ2v) is 6.39. The molecule has 0 radical (unpaired) electrons. The van der Waals surface area contributed by atoms with E-state index in [-0.39, 0.29) is 11.8 Å². The van der Waals surface area contributed by atoms with E-state index in [2.05, 4.69) is 5.32 Å². The molecule has 1 heterocycles. The maximum absolute atomic E-state index is 12.6. The van der Waals surface area contributed by atoms with Crippen molar-refractivity contribution in [3.05, 3.63) is 0 Å². The molecule has 1 saturated heterocycles. The molecule has 2 aliphatic rings. The predicted molar refractivity (Wildman–Crippen MR) is 70.0 cm³/mol. The second kappa shape index (κ2) is 4.25. The molecule has 2 fully saturated rings. The molecule has 1 aliphatic heterocycles. The molecule has 0 aromatic rings. The van der Waals surface area contributed by atoms with Crippen molar-refractivity contribution in [1.82, 2.24) is 10.2 Å². The third-order valence-corrected chi connectivity index (χ3v) is 4.50. The molecule has 4 heteroatoms. The van der Waals surface area contributed by atoms with Crippen LogP contribution in [0.15, 0.2) is 0 Å². The lowest BCUT2D eigenvalue weighted by molar-refractivity contribution is -0.160. The van der Waals surface area contributed by atoms with Gasteiger partial charge in [-0.2, -0.15) is 0 Å². The van der Waals surface area contributed by atoms with Gasteiger partial charge in [-0.05, 0) is 39.5 Å². The van der Waals surface area contributed by atoms with E-state index in [1.54, 1.807) is 4.90 Å². The van der Waals surface area contributed by atoms with Gasteiger partial charge in [0.2, 0.25) is 11.8 Å². The van der Waals surface area contributed by atoms with Gasteiger partial charge < -0.3 is 10.2 Å². The predicted octanol–water partition coefficient (Wildman–Crippen LogP) is 1.69. The first-order valence-corrected chi connectivity index (χ1v) is 6.96. The average molecular weight is 252 g/mol. The Balaban J connectivity index is 2.18. The first kappa shape index (κ1) is 13.4. The Bertz CT molecular complexity index is 374. The van der Waals surface area contributed by atoms with E-state index in [1.807, 2.05) is 27.7 Å². The van der Waals surface area contributed by atoms with Crippen molar-refractivity contribution in [1.29, 1.82) is 0 Å². The van der Waals surface area contributed by atoms with Gasteiger partial charge >= 0.3 is 0 Å². The van der Waals surface area contributed by atoms with E-state index in [9.17, 15) is 9.59 Å². The molecule has 1 atom stereocenters. The molecule has 1 unspecified atom stereocenters. The molecule has 2 rings (SSSR count). The minimum Gasteiger partial charge on any atom is -0.340 e. The quantitative estimate of drug-likeness (QED) is 0.827. The van der Waals surface area contributed by atoms with Crippen molar-refractivity contribution in [2.75, 3.05) is 6.54 Å². The highest BCUT2D eigenvalue weighted by Crippen LogP contribution is 2.35. The van der Waals surface area contributed by atoms with E-state index < -0.39 is 11.1 Å². The van der Waals surface area contributed by atoms with Gasteiger partial charge in [0, 0.05) is 6.54 Å². The average Bonchev–Trinajstić information content (AvgIpc) is 3.10. The number of carbonyl (C=O) groups excluding carboxylic acids is 2. The standard InChI is InChI=1S/C14H24N2O2/c1-5-14(4)12(18)16(9-8-10-6-7-10)13(2,3)11(17)15-14/h10H,5-9H2,1-4H3,(H,15,17). The van der Waals surface area contributed by atoms with Gasteiger partial charge in [-0.3, -0.25) is 9.59 Å². The maximum Gasteiger partial charge on any atom is 0.248 e. The van der Waals surface area contributed by atoms with Crippen molar-refractivity contribution in [2.24, 2.45) is 5.92 Å². The first-order valence-electron chi connectivity index (χ1n) is 6.96. The number of hydrogen-bond donors (Lipinski definition) is 1. The van der Waals surface area contributed by atoms with Gasteiger partial charge in [0.05, 0.1) is 0 Å². The molecule has 0 spiro atoms. The number of rotatable bonds is 4. The lowest BCUT2D eigenvalue weighted by atomic mass is 9.86. The Morgan fingerprint density at radius 3 is 2.39 bits per heavy atom. The minimum atomic E-state index is -0.726. The van der Waals surface area contributed by atoms with E-state index in [0.29, 0.717) is 13.0 Å². The smallest absolute Gasteiger partial charge is 0.248 e. The van der Waals surface area contributed by atoms with Crippen molar-refractivity contribution in [3.63, 3.8) is 0 Å². The van der Waals surface area contributed by atoms with Crippen molar-refractivity contribution in [2.45, 2.75) is 64.5 Å². The van der Waals surface area contributed by atoms with Crippen LogP contribution in [0.4, 0.5) is 0 Å². The lowest BCUT2D eigenvalue weighted by Gasteiger charge is -2.48. The summed E-state index contributed by atoms with van der Waals surface area (Å²) < 4.78 is 0. The van der Waals surface area contributed by atoms with Crippen LogP contribution in [0.5, 0.6) is 0 Å².